The molecule has 0 atom stereocenters. The van der Waals surface area contributed by atoms with Gasteiger partial charge in [0.25, 0.3) is 0 Å². The van der Waals surface area contributed by atoms with Gasteiger partial charge in [0.05, 0.1) is 0 Å². The first-order chi connectivity index (χ1) is 9.81. The Morgan fingerprint density at radius 3 is 2.80 bits per heavy atom. The molecular formula is C17H19N3. The number of H-pyrrole nitrogens is 1. The minimum atomic E-state index is 0.870. The Labute approximate surface area is 118 Å². The van der Waals surface area contributed by atoms with E-state index in [4.69, 9.17) is 0 Å². The van der Waals surface area contributed by atoms with Crippen molar-refractivity contribution in [1.82, 2.24) is 9.97 Å². The highest BCUT2D eigenvalue weighted by Crippen LogP contribution is 2.30. The first-order valence-electron chi connectivity index (χ1n) is 7.42. The van der Waals surface area contributed by atoms with Crippen LogP contribution in [0.1, 0.15) is 19.8 Å². The number of benzene rings is 1. The predicted octanol–water partition coefficient (Wildman–Crippen LogP) is 3.95. The van der Waals surface area contributed by atoms with Crippen molar-refractivity contribution in [3.8, 4) is 0 Å². The summed E-state index contributed by atoms with van der Waals surface area (Å²) in [6, 6.07) is 8.80. The second-order valence-electron chi connectivity index (χ2n) is 5.95. The van der Waals surface area contributed by atoms with Gasteiger partial charge < -0.3 is 9.88 Å². The number of rotatable bonds is 1. The van der Waals surface area contributed by atoms with Crippen LogP contribution in [0.25, 0.3) is 21.8 Å². The van der Waals surface area contributed by atoms with Gasteiger partial charge in [-0.05, 0) is 37.0 Å². The lowest BCUT2D eigenvalue weighted by Gasteiger charge is -2.32. The number of piperidine rings is 1. The molecule has 20 heavy (non-hydrogen) atoms. The van der Waals surface area contributed by atoms with Gasteiger partial charge in [-0.2, -0.15) is 0 Å². The fourth-order valence-corrected chi connectivity index (χ4v) is 3.20. The number of hydrogen-bond acceptors (Lipinski definition) is 2. The molecule has 1 fully saturated rings. The lowest BCUT2D eigenvalue weighted by molar-refractivity contribution is 0.438. The highest BCUT2D eigenvalue weighted by Gasteiger charge is 2.16. The smallest absolute Gasteiger partial charge is 0.0495 e. The van der Waals surface area contributed by atoms with Crippen LogP contribution < -0.4 is 4.90 Å². The van der Waals surface area contributed by atoms with Crippen LogP contribution in [-0.4, -0.2) is 23.1 Å². The van der Waals surface area contributed by atoms with Gasteiger partial charge in [-0.1, -0.05) is 13.0 Å². The Balaban J connectivity index is 1.77. The summed E-state index contributed by atoms with van der Waals surface area (Å²) in [6.07, 6.45) is 6.38. The number of fused-ring (bicyclic) bond motifs is 3. The molecule has 4 rings (SSSR count). The SMILES string of the molecule is CC1CCN(c2ccc3c(c2)[nH]c2ccncc23)CC1. The molecule has 1 N–H and O–H groups in total. The normalized spacial score (nSPS) is 17.1. The summed E-state index contributed by atoms with van der Waals surface area (Å²) < 4.78 is 0. The third-order valence-electron chi connectivity index (χ3n) is 4.53. The molecule has 0 unspecified atom stereocenters. The van der Waals surface area contributed by atoms with Crippen molar-refractivity contribution in [3.63, 3.8) is 0 Å². The maximum Gasteiger partial charge on any atom is 0.0495 e. The summed E-state index contributed by atoms with van der Waals surface area (Å²) in [6.45, 7) is 4.70. The Hall–Kier alpha value is -2.03. The zero-order valence-corrected chi connectivity index (χ0v) is 11.8. The van der Waals surface area contributed by atoms with E-state index in [1.54, 1.807) is 0 Å². The quantitative estimate of drug-likeness (QED) is 0.722. The highest BCUT2D eigenvalue weighted by atomic mass is 15.1. The Kier molecular flexibility index (Phi) is 2.66. The average molecular weight is 265 g/mol. The molecule has 0 bridgehead atoms. The molecule has 1 aliphatic rings. The third kappa shape index (κ3) is 1.85. The van der Waals surface area contributed by atoms with Crippen molar-refractivity contribution in [3.05, 3.63) is 36.7 Å². The maximum absolute atomic E-state index is 4.23. The van der Waals surface area contributed by atoms with E-state index in [1.165, 1.54) is 53.4 Å². The van der Waals surface area contributed by atoms with Crippen molar-refractivity contribution < 1.29 is 0 Å². The molecule has 1 aromatic carbocycles. The van der Waals surface area contributed by atoms with Crippen LogP contribution >= 0.6 is 0 Å². The molecule has 0 spiro atoms. The van der Waals surface area contributed by atoms with E-state index in [1.807, 2.05) is 18.5 Å². The van der Waals surface area contributed by atoms with Gasteiger partial charge >= 0.3 is 0 Å². The molecule has 1 saturated heterocycles. The minimum Gasteiger partial charge on any atom is -0.371 e. The molecule has 3 heterocycles. The van der Waals surface area contributed by atoms with Gasteiger partial charge in [-0.15, -0.1) is 0 Å². The van der Waals surface area contributed by atoms with Crippen molar-refractivity contribution in [2.24, 2.45) is 5.92 Å². The van der Waals surface area contributed by atoms with Gasteiger partial charge in [-0.3, -0.25) is 4.98 Å². The van der Waals surface area contributed by atoms with Crippen LogP contribution in [0, 0.1) is 5.92 Å². The number of pyridine rings is 1. The van der Waals surface area contributed by atoms with Crippen LogP contribution in [0.3, 0.4) is 0 Å². The zero-order valence-electron chi connectivity index (χ0n) is 11.8. The van der Waals surface area contributed by atoms with Crippen molar-refractivity contribution in [2.45, 2.75) is 19.8 Å². The van der Waals surface area contributed by atoms with Crippen molar-refractivity contribution >= 4 is 27.5 Å². The number of anilines is 1. The second kappa shape index (κ2) is 4.51. The molecule has 3 heteroatoms. The first kappa shape index (κ1) is 11.8. The Morgan fingerprint density at radius 1 is 1.10 bits per heavy atom. The molecule has 0 amide bonds. The maximum atomic E-state index is 4.23. The summed E-state index contributed by atoms with van der Waals surface area (Å²) in [5.74, 6) is 0.870. The minimum absolute atomic E-state index is 0.870. The first-order valence-corrected chi connectivity index (χ1v) is 7.42. The van der Waals surface area contributed by atoms with Gasteiger partial charge in [0.2, 0.25) is 0 Å². The van der Waals surface area contributed by atoms with Crippen LogP contribution in [0.4, 0.5) is 5.69 Å². The summed E-state index contributed by atoms with van der Waals surface area (Å²) in [7, 11) is 0. The van der Waals surface area contributed by atoms with E-state index in [0.29, 0.717) is 0 Å². The topological polar surface area (TPSA) is 31.9 Å². The number of aromatic amines is 1. The molecule has 2 aromatic heterocycles. The van der Waals surface area contributed by atoms with Crippen LogP contribution in [0.15, 0.2) is 36.7 Å². The molecule has 0 saturated carbocycles. The standard InChI is InChI=1S/C17H19N3/c1-12-5-8-20(9-6-12)13-2-3-14-15-11-18-7-4-16(15)19-17(14)10-13/h2-4,7,10-12,19H,5-6,8-9H2,1H3. The lowest BCUT2D eigenvalue weighted by atomic mass is 9.98. The van der Waals surface area contributed by atoms with Crippen molar-refractivity contribution in [1.29, 1.82) is 0 Å². The van der Waals surface area contributed by atoms with E-state index in [9.17, 15) is 0 Å². The second-order valence-corrected chi connectivity index (χ2v) is 5.95. The van der Waals surface area contributed by atoms with Crippen molar-refractivity contribution in [2.75, 3.05) is 18.0 Å². The predicted molar refractivity (Wildman–Crippen MR) is 84.2 cm³/mol. The van der Waals surface area contributed by atoms with Gasteiger partial charge in [0, 0.05) is 53.0 Å². The van der Waals surface area contributed by atoms with Crippen LogP contribution in [0.2, 0.25) is 0 Å². The molecule has 0 radical (unpaired) electrons. The van der Waals surface area contributed by atoms with Gasteiger partial charge in [0.1, 0.15) is 0 Å². The summed E-state index contributed by atoms with van der Waals surface area (Å²) >= 11 is 0. The summed E-state index contributed by atoms with van der Waals surface area (Å²) in [5, 5.41) is 2.48. The molecule has 1 aliphatic heterocycles. The number of hydrogen-bond donors (Lipinski definition) is 1. The average Bonchev–Trinajstić information content (AvgIpc) is 2.85. The highest BCUT2D eigenvalue weighted by molar-refractivity contribution is 6.07. The Morgan fingerprint density at radius 2 is 1.95 bits per heavy atom. The van der Waals surface area contributed by atoms with E-state index >= 15 is 0 Å². The van der Waals surface area contributed by atoms with E-state index in [0.717, 1.165) is 5.92 Å². The fraction of sp³-hybridized carbons (Fsp3) is 0.353. The van der Waals surface area contributed by atoms with Gasteiger partial charge in [0.15, 0.2) is 0 Å². The Bertz CT molecular complexity index is 751. The van der Waals surface area contributed by atoms with Crippen LogP contribution in [0.5, 0.6) is 0 Å². The lowest BCUT2D eigenvalue weighted by Crippen LogP contribution is -2.32. The molecule has 102 valence electrons. The van der Waals surface area contributed by atoms with Crippen LogP contribution in [-0.2, 0) is 0 Å². The molecule has 3 aromatic rings. The summed E-state index contributed by atoms with van der Waals surface area (Å²) in [4.78, 5) is 10.2. The van der Waals surface area contributed by atoms with E-state index < -0.39 is 0 Å². The molecular weight excluding hydrogens is 246 g/mol. The monoisotopic (exact) mass is 265 g/mol. The zero-order chi connectivity index (χ0) is 13.5. The number of nitrogens with zero attached hydrogens (tertiary/aromatic N) is 2. The fourth-order valence-electron chi connectivity index (χ4n) is 3.20. The van der Waals surface area contributed by atoms with E-state index in [2.05, 4.69) is 40.0 Å². The molecule has 0 aliphatic carbocycles. The third-order valence-corrected chi connectivity index (χ3v) is 4.53. The largest absolute Gasteiger partial charge is 0.371 e. The summed E-state index contributed by atoms with van der Waals surface area (Å²) in [5.41, 5.74) is 3.72. The van der Waals surface area contributed by atoms with Gasteiger partial charge in [-0.25, -0.2) is 0 Å². The van der Waals surface area contributed by atoms with E-state index in [-0.39, 0.29) is 0 Å². The number of nitrogens with one attached hydrogen (secondary N) is 1. The number of aromatic nitrogens is 2. The molecule has 3 nitrogen and oxygen atoms in total.